The summed E-state index contributed by atoms with van der Waals surface area (Å²) in [5, 5.41) is 12.1. The van der Waals surface area contributed by atoms with E-state index in [4.69, 9.17) is 6.42 Å². The summed E-state index contributed by atoms with van der Waals surface area (Å²) in [6.07, 6.45) is 9.46. The summed E-state index contributed by atoms with van der Waals surface area (Å²) < 4.78 is 0. The quantitative estimate of drug-likeness (QED) is 0.695. The number of carbonyl (C=O) groups is 1. The lowest BCUT2D eigenvalue weighted by Crippen LogP contribution is -2.50. The van der Waals surface area contributed by atoms with Crippen molar-refractivity contribution >= 4 is 5.91 Å². The van der Waals surface area contributed by atoms with Gasteiger partial charge in [-0.05, 0) is 26.3 Å². The molecular weight excluding hydrogens is 216 g/mol. The molecule has 1 amide bonds. The molecule has 0 saturated carbocycles. The van der Waals surface area contributed by atoms with Gasteiger partial charge in [-0.1, -0.05) is 18.8 Å². The van der Waals surface area contributed by atoms with E-state index in [1.807, 2.05) is 6.92 Å². The lowest BCUT2D eigenvalue weighted by molar-refractivity contribution is -0.126. The van der Waals surface area contributed by atoms with E-state index in [9.17, 15) is 9.90 Å². The van der Waals surface area contributed by atoms with Crippen molar-refractivity contribution in [2.24, 2.45) is 0 Å². The zero-order chi connectivity index (χ0) is 12.7. The van der Waals surface area contributed by atoms with E-state index >= 15 is 0 Å². The van der Waals surface area contributed by atoms with Gasteiger partial charge in [0.25, 0.3) is 0 Å². The third-order valence-corrected chi connectivity index (χ3v) is 3.38. The fraction of sp³-hybridized carbons (Fsp3) is 0.769. The second-order valence-corrected chi connectivity index (χ2v) is 4.52. The molecule has 0 aromatic carbocycles. The Hall–Kier alpha value is -1.05. The van der Waals surface area contributed by atoms with E-state index in [-0.39, 0.29) is 31.1 Å². The van der Waals surface area contributed by atoms with Crippen molar-refractivity contribution in [3.05, 3.63) is 0 Å². The zero-order valence-corrected chi connectivity index (χ0v) is 10.5. The topological polar surface area (TPSA) is 52.6 Å². The molecule has 0 bridgehead atoms. The molecule has 1 fully saturated rings. The number of carbonyl (C=O) groups excluding carboxylic acids is 1. The number of rotatable bonds is 4. The van der Waals surface area contributed by atoms with Crippen molar-refractivity contribution in [1.29, 1.82) is 0 Å². The highest BCUT2D eigenvalue weighted by Crippen LogP contribution is 2.18. The van der Waals surface area contributed by atoms with E-state index in [2.05, 4.69) is 16.1 Å². The van der Waals surface area contributed by atoms with E-state index in [1.54, 1.807) is 0 Å². The van der Waals surface area contributed by atoms with Crippen molar-refractivity contribution in [3.63, 3.8) is 0 Å². The van der Waals surface area contributed by atoms with Crippen molar-refractivity contribution in [2.75, 3.05) is 19.7 Å². The van der Waals surface area contributed by atoms with Crippen molar-refractivity contribution in [1.82, 2.24) is 10.2 Å². The maximum absolute atomic E-state index is 11.8. The van der Waals surface area contributed by atoms with Crippen molar-refractivity contribution in [2.45, 2.75) is 44.7 Å². The fourth-order valence-electron chi connectivity index (χ4n) is 2.34. The molecule has 0 aromatic heterocycles. The van der Waals surface area contributed by atoms with Gasteiger partial charge in [0.1, 0.15) is 0 Å². The van der Waals surface area contributed by atoms with E-state index in [1.165, 1.54) is 6.42 Å². The number of hydrogen-bond donors (Lipinski definition) is 2. The van der Waals surface area contributed by atoms with E-state index in [0.29, 0.717) is 0 Å². The molecule has 1 aliphatic rings. The molecule has 1 saturated heterocycles. The molecule has 96 valence electrons. The molecule has 2 unspecified atom stereocenters. The fourth-order valence-corrected chi connectivity index (χ4v) is 2.34. The van der Waals surface area contributed by atoms with Crippen LogP contribution in [0.4, 0.5) is 0 Å². The van der Waals surface area contributed by atoms with Crippen LogP contribution >= 0.6 is 0 Å². The second-order valence-electron chi connectivity index (χ2n) is 4.52. The molecule has 0 spiro atoms. The van der Waals surface area contributed by atoms with Gasteiger partial charge in [0.15, 0.2) is 0 Å². The molecule has 17 heavy (non-hydrogen) atoms. The minimum atomic E-state index is -0.224. The maximum Gasteiger partial charge on any atom is 0.237 e. The van der Waals surface area contributed by atoms with Crippen LogP contribution in [0.1, 0.15) is 32.6 Å². The molecule has 1 rings (SSSR count). The summed E-state index contributed by atoms with van der Waals surface area (Å²) in [5.41, 5.74) is 0. The highest BCUT2D eigenvalue weighted by Gasteiger charge is 2.28. The van der Waals surface area contributed by atoms with Crippen LogP contribution in [-0.2, 0) is 4.79 Å². The zero-order valence-electron chi connectivity index (χ0n) is 10.5. The number of nitrogens with one attached hydrogen (secondary N) is 1. The highest BCUT2D eigenvalue weighted by molar-refractivity contribution is 5.81. The van der Waals surface area contributed by atoms with Gasteiger partial charge in [-0.3, -0.25) is 9.69 Å². The number of likely N-dealkylation sites (tertiary alicyclic amines) is 1. The van der Waals surface area contributed by atoms with Crippen LogP contribution in [0.3, 0.4) is 0 Å². The SMILES string of the molecule is C#CCNC(=O)C(C)N1CCCCCC1CO. The number of hydrogen-bond acceptors (Lipinski definition) is 3. The first kappa shape index (κ1) is 14.0. The number of aliphatic hydroxyl groups excluding tert-OH is 1. The first-order valence-corrected chi connectivity index (χ1v) is 6.28. The third kappa shape index (κ3) is 4.03. The molecule has 0 aliphatic carbocycles. The van der Waals surface area contributed by atoms with Crippen LogP contribution in [0.25, 0.3) is 0 Å². The summed E-state index contributed by atoms with van der Waals surface area (Å²) in [5.74, 6) is 2.34. The van der Waals surface area contributed by atoms with Gasteiger partial charge in [-0.2, -0.15) is 0 Å². The van der Waals surface area contributed by atoms with Gasteiger partial charge in [-0.25, -0.2) is 0 Å². The van der Waals surface area contributed by atoms with Crippen LogP contribution in [0.2, 0.25) is 0 Å². The largest absolute Gasteiger partial charge is 0.395 e. The van der Waals surface area contributed by atoms with E-state index < -0.39 is 0 Å². The summed E-state index contributed by atoms with van der Waals surface area (Å²) >= 11 is 0. The Kier molecular flexibility index (Phi) is 6.03. The van der Waals surface area contributed by atoms with Gasteiger partial charge < -0.3 is 10.4 Å². The van der Waals surface area contributed by atoms with Gasteiger partial charge in [-0.15, -0.1) is 6.42 Å². The van der Waals surface area contributed by atoms with Crippen LogP contribution in [0.5, 0.6) is 0 Å². The summed E-state index contributed by atoms with van der Waals surface area (Å²) in [7, 11) is 0. The predicted molar refractivity (Wildman–Crippen MR) is 67.4 cm³/mol. The summed E-state index contributed by atoms with van der Waals surface area (Å²) in [6.45, 7) is 3.13. The number of nitrogens with zero attached hydrogens (tertiary/aromatic N) is 1. The minimum Gasteiger partial charge on any atom is -0.395 e. The summed E-state index contributed by atoms with van der Waals surface area (Å²) in [6, 6.07) is -0.123. The Bertz CT molecular complexity index is 286. The van der Waals surface area contributed by atoms with Crippen molar-refractivity contribution < 1.29 is 9.90 Å². The molecule has 0 radical (unpaired) electrons. The highest BCUT2D eigenvalue weighted by atomic mass is 16.3. The first-order chi connectivity index (χ1) is 8.20. The van der Waals surface area contributed by atoms with E-state index in [0.717, 1.165) is 25.8 Å². The van der Waals surface area contributed by atoms with Gasteiger partial charge in [0.05, 0.1) is 19.2 Å². The molecule has 2 atom stereocenters. The monoisotopic (exact) mass is 238 g/mol. The Balaban J connectivity index is 2.60. The molecule has 4 heteroatoms. The average molecular weight is 238 g/mol. The smallest absolute Gasteiger partial charge is 0.237 e. The van der Waals surface area contributed by atoms with Crippen LogP contribution in [-0.4, -0.2) is 47.7 Å². The van der Waals surface area contributed by atoms with Crippen LogP contribution < -0.4 is 5.32 Å². The normalized spacial score (nSPS) is 23.5. The predicted octanol–water partition coefficient (Wildman–Crippen LogP) is 0.361. The van der Waals surface area contributed by atoms with Gasteiger partial charge >= 0.3 is 0 Å². The third-order valence-electron chi connectivity index (χ3n) is 3.38. The standard InChI is InChI=1S/C13H22N2O2/c1-3-8-14-13(17)11(2)15-9-6-4-5-7-12(15)10-16/h1,11-12,16H,4-10H2,2H3,(H,14,17). The van der Waals surface area contributed by atoms with Crippen molar-refractivity contribution in [3.8, 4) is 12.3 Å². The maximum atomic E-state index is 11.8. The molecular formula is C13H22N2O2. The number of aliphatic hydroxyl groups is 1. The average Bonchev–Trinajstić information content (AvgIpc) is 2.59. The minimum absolute atomic E-state index is 0.0525. The van der Waals surface area contributed by atoms with Gasteiger partial charge in [0, 0.05) is 6.04 Å². The molecule has 0 aromatic rings. The summed E-state index contributed by atoms with van der Waals surface area (Å²) in [4.78, 5) is 13.9. The Labute approximate surface area is 103 Å². The number of terminal acetylenes is 1. The molecule has 1 aliphatic heterocycles. The Morgan fingerprint density at radius 2 is 2.35 bits per heavy atom. The molecule has 1 heterocycles. The second kappa shape index (κ2) is 7.31. The van der Waals surface area contributed by atoms with Gasteiger partial charge in [0.2, 0.25) is 5.91 Å². The Morgan fingerprint density at radius 1 is 1.59 bits per heavy atom. The first-order valence-electron chi connectivity index (χ1n) is 6.28. The van der Waals surface area contributed by atoms with Crippen LogP contribution in [0.15, 0.2) is 0 Å². The number of amides is 1. The molecule has 2 N–H and O–H groups in total. The Morgan fingerprint density at radius 3 is 3.00 bits per heavy atom. The lowest BCUT2D eigenvalue weighted by Gasteiger charge is -2.33. The molecule has 4 nitrogen and oxygen atoms in total. The van der Waals surface area contributed by atoms with Crippen LogP contribution in [0, 0.1) is 12.3 Å². The lowest BCUT2D eigenvalue weighted by atomic mass is 10.1.